The molecular formula is C18H18N2O6. The topological polar surface area (TPSA) is 107 Å². The van der Waals surface area contributed by atoms with Gasteiger partial charge in [0.05, 0.1) is 23.2 Å². The molecule has 0 unspecified atom stereocenters. The minimum Gasteiger partial charge on any atom is -0.461 e. The predicted octanol–water partition coefficient (Wildman–Crippen LogP) is 1.98. The number of nitro groups is 1. The minimum absolute atomic E-state index is 0.0176. The third kappa shape index (κ3) is 3.63. The van der Waals surface area contributed by atoms with E-state index >= 15 is 0 Å². The Morgan fingerprint density at radius 3 is 2.23 bits per heavy atom. The van der Waals surface area contributed by atoms with Crippen LogP contribution in [0.15, 0.2) is 36.4 Å². The zero-order valence-corrected chi connectivity index (χ0v) is 14.0. The van der Waals surface area contributed by atoms with Gasteiger partial charge in [-0.3, -0.25) is 29.4 Å². The van der Waals surface area contributed by atoms with E-state index < -0.39 is 10.9 Å². The summed E-state index contributed by atoms with van der Waals surface area (Å²) in [5, 5.41) is 10.6. The van der Waals surface area contributed by atoms with E-state index in [1.807, 2.05) is 12.2 Å². The van der Waals surface area contributed by atoms with Crippen LogP contribution in [-0.2, 0) is 25.7 Å². The maximum absolute atomic E-state index is 12.3. The van der Waals surface area contributed by atoms with Gasteiger partial charge in [0.1, 0.15) is 6.61 Å². The van der Waals surface area contributed by atoms with Crippen LogP contribution in [-0.4, -0.2) is 34.2 Å². The van der Waals surface area contributed by atoms with E-state index in [1.54, 1.807) is 0 Å². The van der Waals surface area contributed by atoms with Gasteiger partial charge < -0.3 is 4.74 Å². The highest BCUT2D eigenvalue weighted by Crippen LogP contribution is 2.35. The van der Waals surface area contributed by atoms with E-state index in [1.165, 1.54) is 24.3 Å². The molecule has 0 radical (unpaired) electrons. The molecule has 1 saturated heterocycles. The Morgan fingerprint density at radius 2 is 1.69 bits per heavy atom. The second-order valence-electron chi connectivity index (χ2n) is 6.32. The van der Waals surface area contributed by atoms with Crippen LogP contribution >= 0.6 is 0 Å². The average molecular weight is 358 g/mol. The number of carbonyl (C=O) groups is 3. The number of hydrogen-bond donors (Lipinski definition) is 0. The predicted molar refractivity (Wildman–Crippen MR) is 89.6 cm³/mol. The second kappa shape index (κ2) is 7.47. The van der Waals surface area contributed by atoms with Crippen LogP contribution in [0.3, 0.4) is 0 Å². The molecule has 1 aliphatic heterocycles. The number of amides is 2. The molecule has 1 aromatic carbocycles. The molecule has 1 fully saturated rings. The summed E-state index contributed by atoms with van der Waals surface area (Å²) in [4.78, 5) is 47.7. The highest BCUT2D eigenvalue weighted by Gasteiger charge is 2.46. The Kier molecular flexibility index (Phi) is 5.11. The van der Waals surface area contributed by atoms with Crippen molar-refractivity contribution in [3.8, 4) is 0 Å². The molecule has 136 valence electrons. The van der Waals surface area contributed by atoms with Crippen molar-refractivity contribution in [3.05, 3.63) is 52.1 Å². The van der Waals surface area contributed by atoms with Crippen molar-refractivity contribution in [1.82, 2.24) is 4.90 Å². The van der Waals surface area contributed by atoms with E-state index in [2.05, 4.69) is 0 Å². The lowest BCUT2D eigenvalue weighted by Crippen LogP contribution is -2.33. The maximum atomic E-state index is 12.3. The Hall–Kier alpha value is -3.03. The molecule has 0 N–H and O–H groups in total. The molecule has 8 nitrogen and oxygen atoms in total. The summed E-state index contributed by atoms with van der Waals surface area (Å²) >= 11 is 0. The van der Waals surface area contributed by atoms with Gasteiger partial charge in [-0.25, -0.2) is 0 Å². The molecule has 2 amide bonds. The standard InChI is InChI=1S/C18H18N2O6/c21-16(26-11-12-5-7-13(8-6-12)20(24)25)9-10-19-17(22)14-3-1-2-4-15(14)18(19)23/h1-2,5-8,14-15H,3-4,9-11H2/t14-,15+. The average Bonchev–Trinajstić information content (AvgIpc) is 2.89. The van der Waals surface area contributed by atoms with Crippen LogP contribution in [0.4, 0.5) is 5.69 Å². The minimum atomic E-state index is -0.531. The molecule has 3 rings (SSSR count). The molecule has 26 heavy (non-hydrogen) atoms. The van der Waals surface area contributed by atoms with Gasteiger partial charge in [-0.2, -0.15) is 0 Å². The zero-order valence-electron chi connectivity index (χ0n) is 14.0. The Morgan fingerprint density at radius 1 is 1.12 bits per heavy atom. The van der Waals surface area contributed by atoms with Gasteiger partial charge in [-0.1, -0.05) is 12.2 Å². The lowest BCUT2D eigenvalue weighted by atomic mass is 9.85. The number of ether oxygens (including phenoxy) is 1. The third-order valence-electron chi connectivity index (χ3n) is 4.69. The Balaban J connectivity index is 1.47. The summed E-state index contributed by atoms with van der Waals surface area (Å²) in [6.07, 6.45) is 4.88. The van der Waals surface area contributed by atoms with Crippen LogP contribution < -0.4 is 0 Å². The molecule has 0 aromatic heterocycles. The number of hydrogen-bond acceptors (Lipinski definition) is 6. The van der Waals surface area contributed by atoms with Crippen molar-refractivity contribution in [3.63, 3.8) is 0 Å². The number of carbonyl (C=O) groups excluding carboxylic acids is 3. The lowest BCUT2D eigenvalue weighted by molar-refractivity contribution is -0.384. The summed E-state index contributed by atoms with van der Waals surface area (Å²) in [7, 11) is 0. The van der Waals surface area contributed by atoms with Crippen molar-refractivity contribution >= 4 is 23.5 Å². The molecule has 2 aliphatic rings. The number of rotatable bonds is 6. The molecule has 1 aliphatic carbocycles. The molecule has 0 bridgehead atoms. The number of non-ortho nitro benzene ring substituents is 1. The van der Waals surface area contributed by atoms with Crippen LogP contribution in [0.2, 0.25) is 0 Å². The van der Waals surface area contributed by atoms with Crippen LogP contribution in [0.25, 0.3) is 0 Å². The molecule has 1 heterocycles. The fourth-order valence-electron chi connectivity index (χ4n) is 3.24. The zero-order chi connectivity index (χ0) is 18.7. The van der Waals surface area contributed by atoms with Gasteiger partial charge in [0, 0.05) is 18.7 Å². The van der Waals surface area contributed by atoms with Gasteiger partial charge >= 0.3 is 5.97 Å². The van der Waals surface area contributed by atoms with Crippen LogP contribution in [0, 0.1) is 22.0 Å². The second-order valence-corrected chi connectivity index (χ2v) is 6.32. The number of allylic oxidation sites excluding steroid dienone is 2. The summed E-state index contributed by atoms with van der Waals surface area (Å²) in [6.45, 7) is -0.00233. The molecule has 2 atom stereocenters. The van der Waals surface area contributed by atoms with Crippen molar-refractivity contribution < 1.29 is 24.0 Å². The van der Waals surface area contributed by atoms with Crippen molar-refractivity contribution in [1.29, 1.82) is 0 Å². The Bertz CT molecular complexity index is 744. The number of benzene rings is 1. The normalized spacial score (nSPS) is 21.6. The largest absolute Gasteiger partial charge is 0.461 e. The number of imide groups is 1. The first kappa shape index (κ1) is 17.8. The first-order valence-corrected chi connectivity index (χ1v) is 8.36. The number of likely N-dealkylation sites (tertiary alicyclic amines) is 1. The van der Waals surface area contributed by atoms with Crippen molar-refractivity contribution in [2.24, 2.45) is 11.8 Å². The summed E-state index contributed by atoms with van der Waals surface area (Å²) < 4.78 is 5.11. The van der Waals surface area contributed by atoms with Gasteiger partial charge in [-0.15, -0.1) is 0 Å². The highest BCUT2D eigenvalue weighted by atomic mass is 16.6. The molecule has 0 saturated carbocycles. The van der Waals surface area contributed by atoms with E-state index in [-0.39, 0.29) is 48.9 Å². The quantitative estimate of drug-likeness (QED) is 0.253. The Labute approximate surface area is 149 Å². The fraction of sp³-hybridized carbons (Fsp3) is 0.389. The van der Waals surface area contributed by atoms with Gasteiger partial charge in [-0.05, 0) is 30.5 Å². The lowest BCUT2D eigenvalue weighted by Gasteiger charge is -2.14. The van der Waals surface area contributed by atoms with Crippen molar-refractivity contribution in [2.75, 3.05) is 6.54 Å². The van der Waals surface area contributed by atoms with Crippen molar-refractivity contribution in [2.45, 2.75) is 25.9 Å². The number of nitro benzene ring substituents is 1. The first-order chi connectivity index (χ1) is 12.5. The fourth-order valence-corrected chi connectivity index (χ4v) is 3.24. The van der Waals surface area contributed by atoms with E-state index in [0.717, 1.165) is 4.90 Å². The highest BCUT2D eigenvalue weighted by molar-refractivity contribution is 6.05. The van der Waals surface area contributed by atoms with Gasteiger partial charge in [0.25, 0.3) is 5.69 Å². The third-order valence-corrected chi connectivity index (χ3v) is 4.69. The smallest absolute Gasteiger partial charge is 0.307 e. The molecule has 8 heteroatoms. The molecule has 0 spiro atoms. The van der Waals surface area contributed by atoms with E-state index in [4.69, 9.17) is 4.74 Å². The summed E-state index contributed by atoms with van der Waals surface area (Å²) in [5.74, 6) is -1.57. The maximum Gasteiger partial charge on any atom is 0.307 e. The van der Waals surface area contributed by atoms with E-state index in [0.29, 0.717) is 18.4 Å². The first-order valence-electron chi connectivity index (χ1n) is 8.36. The number of esters is 1. The SMILES string of the molecule is O=C(CCN1C(=O)[C@H]2CC=CC[C@H]2C1=O)OCc1ccc([N+](=O)[O-])cc1. The molecule has 1 aromatic rings. The number of nitrogens with zero attached hydrogens (tertiary/aromatic N) is 2. The summed E-state index contributed by atoms with van der Waals surface area (Å²) in [5.41, 5.74) is 0.580. The van der Waals surface area contributed by atoms with Gasteiger partial charge in [0.15, 0.2) is 0 Å². The van der Waals surface area contributed by atoms with Crippen LogP contribution in [0.5, 0.6) is 0 Å². The van der Waals surface area contributed by atoms with Gasteiger partial charge in [0.2, 0.25) is 11.8 Å². The number of fused-ring (bicyclic) bond motifs is 1. The van der Waals surface area contributed by atoms with E-state index in [9.17, 15) is 24.5 Å². The summed E-state index contributed by atoms with van der Waals surface area (Å²) in [6, 6.07) is 5.69. The molecular weight excluding hydrogens is 340 g/mol. The monoisotopic (exact) mass is 358 g/mol. The van der Waals surface area contributed by atoms with Crippen LogP contribution in [0.1, 0.15) is 24.8 Å².